The Bertz CT molecular complexity index is 643. The molecular formula is C16H15FO3S. The average Bonchev–Trinajstić information content (AvgIpc) is 2.52. The summed E-state index contributed by atoms with van der Waals surface area (Å²) in [7, 11) is 2.84. The first kappa shape index (κ1) is 15.4. The van der Waals surface area contributed by atoms with Crippen LogP contribution in [0.5, 0.6) is 5.75 Å². The van der Waals surface area contributed by atoms with E-state index in [1.165, 1.54) is 19.2 Å². The molecule has 5 heteroatoms. The van der Waals surface area contributed by atoms with Crippen LogP contribution in [0.4, 0.5) is 4.39 Å². The van der Waals surface area contributed by atoms with Gasteiger partial charge in [0.2, 0.25) is 0 Å². The van der Waals surface area contributed by atoms with E-state index in [1.807, 2.05) is 24.3 Å². The fraction of sp³-hybridized carbons (Fsp3) is 0.188. The second-order valence-electron chi connectivity index (χ2n) is 4.25. The van der Waals surface area contributed by atoms with Crippen LogP contribution in [0, 0.1) is 5.82 Å². The average molecular weight is 306 g/mol. The molecule has 0 aliphatic carbocycles. The Kier molecular flexibility index (Phi) is 5.22. The number of benzene rings is 2. The van der Waals surface area contributed by atoms with Crippen LogP contribution < -0.4 is 4.74 Å². The van der Waals surface area contributed by atoms with E-state index >= 15 is 0 Å². The normalized spacial score (nSPS) is 10.2. The zero-order chi connectivity index (χ0) is 15.2. The molecule has 0 amide bonds. The van der Waals surface area contributed by atoms with Gasteiger partial charge in [0.1, 0.15) is 11.6 Å². The van der Waals surface area contributed by atoms with Crippen molar-refractivity contribution in [2.24, 2.45) is 0 Å². The van der Waals surface area contributed by atoms with Crippen LogP contribution in [-0.4, -0.2) is 20.2 Å². The van der Waals surface area contributed by atoms with Gasteiger partial charge in [-0.05, 0) is 29.8 Å². The predicted molar refractivity (Wildman–Crippen MR) is 80.3 cm³/mol. The topological polar surface area (TPSA) is 35.5 Å². The molecule has 0 N–H and O–H groups in total. The summed E-state index contributed by atoms with van der Waals surface area (Å²) in [6.45, 7) is 0. The molecule has 0 saturated carbocycles. The molecule has 2 rings (SSSR count). The highest BCUT2D eigenvalue weighted by Crippen LogP contribution is 2.31. The van der Waals surface area contributed by atoms with Gasteiger partial charge in [0.25, 0.3) is 0 Å². The largest absolute Gasteiger partial charge is 0.496 e. The summed E-state index contributed by atoms with van der Waals surface area (Å²) in [4.78, 5) is 12.3. The predicted octanol–water partition coefficient (Wildman–Crippen LogP) is 3.91. The maximum Gasteiger partial charge on any atom is 0.340 e. The number of carbonyl (C=O) groups is 1. The molecule has 110 valence electrons. The van der Waals surface area contributed by atoms with Crippen molar-refractivity contribution >= 4 is 17.7 Å². The van der Waals surface area contributed by atoms with Gasteiger partial charge in [-0.25, -0.2) is 9.18 Å². The molecule has 0 saturated heterocycles. The van der Waals surface area contributed by atoms with Gasteiger partial charge in [-0.2, -0.15) is 0 Å². The number of esters is 1. The maximum absolute atomic E-state index is 13.8. The second kappa shape index (κ2) is 7.13. The molecule has 21 heavy (non-hydrogen) atoms. The molecule has 0 radical (unpaired) electrons. The lowest BCUT2D eigenvalue weighted by molar-refractivity contribution is 0.0595. The van der Waals surface area contributed by atoms with Crippen molar-refractivity contribution in [1.82, 2.24) is 0 Å². The number of rotatable bonds is 5. The lowest BCUT2D eigenvalue weighted by atomic mass is 10.1. The SMILES string of the molecule is COC(=O)c1ccc(CSc2ccccc2OC)cc1F. The second-order valence-corrected chi connectivity index (χ2v) is 5.26. The van der Waals surface area contributed by atoms with E-state index in [4.69, 9.17) is 4.74 Å². The first-order valence-corrected chi connectivity index (χ1v) is 7.27. The third-order valence-electron chi connectivity index (χ3n) is 2.90. The molecule has 0 aromatic heterocycles. The summed E-state index contributed by atoms with van der Waals surface area (Å²) in [6, 6.07) is 12.2. The molecule has 2 aromatic rings. The Balaban J connectivity index is 2.10. The van der Waals surface area contributed by atoms with Crippen LogP contribution >= 0.6 is 11.8 Å². The standard InChI is InChI=1S/C16H15FO3S/c1-19-14-5-3-4-6-15(14)21-10-11-7-8-12(13(17)9-11)16(18)20-2/h3-9H,10H2,1-2H3. The van der Waals surface area contributed by atoms with E-state index in [9.17, 15) is 9.18 Å². The summed E-state index contributed by atoms with van der Waals surface area (Å²) in [5.74, 6) is 0.129. The van der Waals surface area contributed by atoms with Gasteiger partial charge in [0.15, 0.2) is 0 Å². The van der Waals surface area contributed by atoms with E-state index < -0.39 is 11.8 Å². The van der Waals surface area contributed by atoms with Crippen LogP contribution in [0.15, 0.2) is 47.4 Å². The van der Waals surface area contributed by atoms with Gasteiger partial charge in [-0.3, -0.25) is 0 Å². The minimum atomic E-state index is -0.670. The Morgan fingerprint density at radius 2 is 1.95 bits per heavy atom. The van der Waals surface area contributed by atoms with Gasteiger partial charge in [-0.1, -0.05) is 18.2 Å². The lowest BCUT2D eigenvalue weighted by Gasteiger charge is -2.08. The summed E-state index contributed by atoms with van der Waals surface area (Å²) < 4.78 is 23.6. The molecular weight excluding hydrogens is 291 g/mol. The summed E-state index contributed by atoms with van der Waals surface area (Å²) in [5.41, 5.74) is 0.736. The van der Waals surface area contributed by atoms with Crippen molar-refractivity contribution in [1.29, 1.82) is 0 Å². The summed E-state index contributed by atoms with van der Waals surface area (Å²) in [5, 5.41) is 0. The number of para-hydroxylation sites is 1. The van der Waals surface area contributed by atoms with Crippen molar-refractivity contribution in [3.05, 3.63) is 59.4 Å². The number of carbonyl (C=O) groups excluding carboxylic acids is 1. The fourth-order valence-corrected chi connectivity index (χ4v) is 2.79. The van der Waals surface area contributed by atoms with Gasteiger partial charge in [0, 0.05) is 10.6 Å². The quantitative estimate of drug-likeness (QED) is 0.620. The number of methoxy groups -OCH3 is 2. The summed E-state index contributed by atoms with van der Waals surface area (Å²) >= 11 is 1.55. The van der Waals surface area contributed by atoms with Crippen LogP contribution in [-0.2, 0) is 10.5 Å². The van der Waals surface area contributed by atoms with Gasteiger partial charge < -0.3 is 9.47 Å². The molecule has 0 atom stereocenters. The van der Waals surface area contributed by atoms with E-state index in [-0.39, 0.29) is 5.56 Å². The molecule has 0 aliphatic rings. The number of halogens is 1. The van der Waals surface area contributed by atoms with E-state index in [1.54, 1.807) is 24.9 Å². The fourth-order valence-electron chi connectivity index (χ4n) is 1.82. The molecule has 0 fully saturated rings. The molecule has 2 aromatic carbocycles. The number of hydrogen-bond donors (Lipinski definition) is 0. The molecule has 0 heterocycles. The molecule has 0 bridgehead atoms. The van der Waals surface area contributed by atoms with Crippen molar-refractivity contribution in [3.63, 3.8) is 0 Å². The highest BCUT2D eigenvalue weighted by Gasteiger charge is 2.12. The van der Waals surface area contributed by atoms with Gasteiger partial charge >= 0.3 is 5.97 Å². The Hall–Kier alpha value is -2.01. The molecule has 0 spiro atoms. The molecule has 0 unspecified atom stereocenters. The van der Waals surface area contributed by atoms with E-state index in [2.05, 4.69) is 4.74 Å². The van der Waals surface area contributed by atoms with Crippen LogP contribution in [0.3, 0.4) is 0 Å². The third-order valence-corrected chi connectivity index (χ3v) is 4.03. The monoisotopic (exact) mass is 306 g/mol. The van der Waals surface area contributed by atoms with Crippen LogP contribution in [0.1, 0.15) is 15.9 Å². The van der Waals surface area contributed by atoms with Crippen LogP contribution in [0.25, 0.3) is 0 Å². The van der Waals surface area contributed by atoms with Crippen molar-refractivity contribution < 1.29 is 18.7 Å². The van der Waals surface area contributed by atoms with Crippen molar-refractivity contribution in [2.75, 3.05) is 14.2 Å². The maximum atomic E-state index is 13.8. The Labute approximate surface area is 127 Å². The minimum Gasteiger partial charge on any atom is -0.496 e. The highest BCUT2D eigenvalue weighted by atomic mass is 32.2. The zero-order valence-corrected chi connectivity index (χ0v) is 12.6. The molecule has 3 nitrogen and oxygen atoms in total. The first-order valence-electron chi connectivity index (χ1n) is 6.28. The Morgan fingerprint density at radius 3 is 2.62 bits per heavy atom. The first-order chi connectivity index (χ1) is 10.2. The molecule has 0 aliphatic heterocycles. The number of ether oxygens (including phenoxy) is 2. The third kappa shape index (κ3) is 3.76. The van der Waals surface area contributed by atoms with E-state index in [0.29, 0.717) is 5.75 Å². The van der Waals surface area contributed by atoms with Crippen LogP contribution in [0.2, 0.25) is 0 Å². The van der Waals surface area contributed by atoms with E-state index in [0.717, 1.165) is 16.2 Å². The van der Waals surface area contributed by atoms with Gasteiger partial charge in [0.05, 0.1) is 19.8 Å². The lowest BCUT2D eigenvalue weighted by Crippen LogP contribution is -2.04. The smallest absolute Gasteiger partial charge is 0.340 e. The van der Waals surface area contributed by atoms with Gasteiger partial charge in [-0.15, -0.1) is 11.8 Å². The highest BCUT2D eigenvalue weighted by molar-refractivity contribution is 7.98. The Morgan fingerprint density at radius 1 is 1.19 bits per heavy atom. The van der Waals surface area contributed by atoms with Crippen molar-refractivity contribution in [2.45, 2.75) is 10.6 Å². The number of hydrogen-bond acceptors (Lipinski definition) is 4. The van der Waals surface area contributed by atoms with Crippen molar-refractivity contribution in [3.8, 4) is 5.75 Å². The minimum absolute atomic E-state index is 0.0523. The summed E-state index contributed by atoms with van der Waals surface area (Å²) in [6.07, 6.45) is 0. The number of thioether (sulfide) groups is 1. The zero-order valence-electron chi connectivity index (χ0n) is 11.8.